The third-order valence-corrected chi connectivity index (χ3v) is 2.01. The van der Waals surface area contributed by atoms with Gasteiger partial charge in [0.05, 0.1) is 17.5 Å². The molecule has 0 bridgehead atoms. The van der Waals surface area contributed by atoms with Crippen LogP contribution in [0.2, 0.25) is 0 Å². The van der Waals surface area contributed by atoms with Crippen LogP contribution in [-0.4, -0.2) is 21.9 Å². The molecule has 0 aliphatic carbocycles. The lowest BCUT2D eigenvalue weighted by molar-refractivity contribution is -0.426. The normalized spacial score (nSPS) is 17.9. The monoisotopic (exact) mass is 170 g/mol. The first kappa shape index (κ1) is 9.03. The number of hydrogen-bond donors (Lipinski definition) is 0. The van der Waals surface area contributed by atoms with E-state index in [-0.39, 0.29) is 10.5 Å². The van der Waals surface area contributed by atoms with Gasteiger partial charge in [-0.15, -0.1) is 0 Å². The van der Waals surface area contributed by atoms with Crippen molar-refractivity contribution in [3.05, 3.63) is 22.0 Å². The van der Waals surface area contributed by atoms with Gasteiger partial charge in [0.25, 0.3) is 5.70 Å². The summed E-state index contributed by atoms with van der Waals surface area (Å²) in [6.07, 6.45) is 2.21. The van der Waals surface area contributed by atoms with Gasteiger partial charge in [0.1, 0.15) is 0 Å². The molecule has 68 valence electrons. The Bertz CT molecular complexity index is 228. The van der Waals surface area contributed by atoms with Gasteiger partial charge in [-0.3, -0.25) is 10.1 Å². The minimum atomic E-state index is -0.300. The number of hydrogen-bond acceptors (Lipinski definition) is 3. The smallest absolute Gasteiger partial charge is 0.263 e. The molecular weight excluding hydrogens is 156 g/mol. The standard InChI is InChI=1S/C8H14N2O2/c1-8(2,3)9-5-4-7(6-9)10(11)12/h6H,4-5H2,1-3H3. The Morgan fingerprint density at radius 3 is 2.42 bits per heavy atom. The number of nitrogens with zero attached hydrogens (tertiary/aromatic N) is 2. The summed E-state index contributed by atoms with van der Waals surface area (Å²) in [4.78, 5) is 12.1. The Morgan fingerprint density at radius 2 is 2.17 bits per heavy atom. The third kappa shape index (κ3) is 1.75. The maximum atomic E-state index is 10.4. The Morgan fingerprint density at radius 1 is 1.58 bits per heavy atom. The van der Waals surface area contributed by atoms with Crippen LogP contribution in [0.1, 0.15) is 27.2 Å². The predicted octanol–water partition coefficient (Wildman–Crippen LogP) is 1.61. The average Bonchev–Trinajstić information content (AvgIpc) is 2.30. The van der Waals surface area contributed by atoms with Gasteiger partial charge in [0, 0.05) is 12.1 Å². The molecule has 0 saturated carbocycles. The molecule has 1 aliphatic rings. The lowest BCUT2D eigenvalue weighted by Crippen LogP contribution is -2.35. The van der Waals surface area contributed by atoms with Gasteiger partial charge in [-0.05, 0) is 20.8 Å². The van der Waals surface area contributed by atoms with Gasteiger partial charge in [-0.25, -0.2) is 0 Å². The lowest BCUT2D eigenvalue weighted by Gasteiger charge is -2.30. The maximum Gasteiger partial charge on any atom is 0.263 e. The molecule has 0 fully saturated rings. The molecule has 0 radical (unpaired) electrons. The molecule has 12 heavy (non-hydrogen) atoms. The van der Waals surface area contributed by atoms with Crippen LogP contribution in [0, 0.1) is 10.1 Å². The second-order valence-electron chi connectivity index (χ2n) is 3.99. The predicted molar refractivity (Wildman–Crippen MR) is 46.2 cm³/mol. The van der Waals surface area contributed by atoms with Crippen LogP contribution in [0.5, 0.6) is 0 Å². The zero-order chi connectivity index (χ0) is 9.35. The summed E-state index contributed by atoms with van der Waals surface area (Å²) in [5.74, 6) is 0. The van der Waals surface area contributed by atoms with E-state index in [4.69, 9.17) is 0 Å². The molecule has 0 aromatic heterocycles. The fraction of sp³-hybridized carbons (Fsp3) is 0.750. The van der Waals surface area contributed by atoms with Gasteiger partial charge in [-0.1, -0.05) is 0 Å². The van der Waals surface area contributed by atoms with Crippen LogP contribution in [-0.2, 0) is 0 Å². The van der Waals surface area contributed by atoms with Crippen LogP contribution < -0.4 is 0 Å². The molecule has 1 rings (SSSR count). The van der Waals surface area contributed by atoms with Crippen molar-refractivity contribution < 1.29 is 4.92 Å². The van der Waals surface area contributed by atoms with E-state index in [1.54, 1.807) is 6.20 Å². The number of rotatable bonds is 1. The Hall–Kier alpha value is -1.06. The fourth-order valence-electron chi connectivity index (χ4n) is 1.21. The van der Waals surface area contributed by atoms with E-state index in [0.29, 0.717) is 12.1 Å². The van der Waals surface area contributed by atoms with Crippen molar-refractivity contribution in [1.29, 1.82) is 0 Å². The molecule has 4 heteroatoms. The van der Waals surface area contributed by atoms with E-state index < -0.39 is 0 Å². The topological polar surface area (TPSA) is 46.4 Å². The summed E-state index contributed by atoms with van der Waals surface area (Å²) in [6, 6.07) is 0. The van der Waals surface area contributed by atoms with Crippen molar-refractivity contribution in [3.8, 4) is 0 Å². The molecule has 0 unspecified atom stereocenters. The summed E-state index contributed by atoms with van der Waals surface area (Å²) in [6.45, 7) is 6.91. The first-order valence-electron chi connectivity index (χ1n) is 4.03. The quantitative estimate of drug-likeness (QED) is 0.443. The molecule has 0 N–H and O–H groups in total. The summed E-state index contributed by atoms with van der Waals surface area (Å²) in [5, 5.41) is 10.4. The highest BCUT2D eigenvalue weighted by atomic mass is 16.6. The second-order valence-corrected chi connectivity index (χ2v) is 3.99. The highest BCUT2D eigenvalue weighted by molar-refractivity contribution is 5.03. The third-order valence-electron chi connectivity index (χ3n) is 2.01. The zero-order valence-corrected chi connectivity index (χ0v) is 7.70. The van der Waals surface area contributed by atoms with Crippen LogP contribution in [0.25, 0.3) is 0 Å². The summed E-state index contributed by atoms with van der Waals surface area (Å²) < 4.78 is 0. The zero-order valence-electron chi connectivity index (χ0n) is 7.70. The lowest BCUT2D eigenvalue weighted by atomic mass is 10.1. The fourth-order valence-corrected chi connectivity index (χ4v) is 1.21. The van der Waals surface area contributed by atoms with Crippen LogP contribution >= 0.6 is 0 Å². The van der Waals surface area contributed by atoms with Crippen molar-refractivity contribution in [3.63, 3.8) is 0 Å². The molecule has 0 aromatic rings. The molecule has 4 nitrogen and oxygen atoms in total. The van der Waals surface area contributed by atoms with Gasteiger partial charge in [0.2, 0.25) is 0 Å². The molecular formula is C8H14N2O2. The molecule has 0 amide bonds. The minimum absolute atomic E-state index is 0.00222. The van der Waals surface area contributed by atoms with Gasteiger partial charge >= 0.3 is 0 Å². The van der Waals surface area contributed by atoms with Crippen molar-refractivity contribution in [2.75, 3.05) is 6.54 Å². The average molecular weight is 170 g/mol. The Balaban J connectivity index is 2.71. The van der Waals surface area contributed by atoms with E-state index >= 15 is 0 Å². The SMILES string of the molecule is CC(C)(C)N1C=C([N+](=O)[O-])CC1. The molecule has 1 heterocycles. The van der Waals surface area contributed by atoms with E-state index in [2.05, 4.69) is 0 Å². The minimum Gasteiger partial charge on any atom is -0.367 e. The highest BCUT2D eigenvalue weighted by Gasteiger charge is 2.28. The van der Waals surface area contributed by atoms with E-state index in [0.717, 1.165) is 6.54 Å². The van der Waals surface area contributed by atoms with Crippen molar-refractivity contribution in [2.24, 2.45) is 0 Å². The van der Waals surface area contributed by atoms with Gasteiger partial charge in [-0.2, -0.15) is 0 Å². The van der Waals surface area contributed by atoms with Crippen molar-refractivity contribution in [1.82, 2.24) is 4.90 Å². The van der Waals surface area contributed by atoms with E-state index in [9.17, 15) is 10.1 Å². The Labute approximate surface area is 72.0 Å². The van der Waals surface area contributed by atoms with Gasteiger partial charge in [0.15, 0.2) is 0 Å². The van der Waals surface area contributed by atoms with Crippen LogP contribution in [0.15, 0.2) is 11.9 Å². The largest absolute Gasteiger partial charge is 0.367 e. The second kappa shape index (κ2) is 2.77. The molecule has 0 spiro atoms. The number of nitro groups is 1. The maximum absolute atomic E-state index is 10.4. The first-order chi connectivity index (χ1) is 5.41. The summed E-state index contributed by atoms with van der Waals surface area (Å²) in [5.41, 5.74) is 0.322. The van der Waals surface area contributed by atoms with Crippen molar-refractivity contribution in [2.45, 2.75) is 32.7 Å². The molecule has 0 aromatic carbocycles. The van der Waals surface area contributed by atoms with Crippen LogP contribution in [0.4, 0.5) is 0 Å². The molecule has 0 atom stereocenters. The molecule has 0 saturated heterocycles. The van der Waals surface area contributed by atoms with Crippen LogP contribution in [0.3, 0.4) is 0 Å². The van der Waals surface area contributed by atoms with Crippen molar-refractivity contribution >= 4 is 0 Å². The van der Waals surface area contributed by atoms with E-state index in [1.807, 2.05) is 25.7 Å². The molecule has 1 aliphatic heterocycles. The van der Waals surface area contributed by atoms with E-state index in [1.165, 1.54) is 0 Å². The Kier molecular flexibility index (Phi) is 2.08. The highest BCUT2D eigenvalue weighted by Crippen LogP contribution is 2.22. The first-order valence-corrected chi connectivity index (χ1v) is 4.03. The summed E-state index contributed by atoms with van der Waals surface area (Å²) in [7, 11) is 0. The summed E-state index contributed by atoms with van der Waals surface area (Å²) >= 11 is 0. The van der Waals surface area contributed by atoms with Gasteiger partial charge < -0.3 is 4.90 Å².